The third-order valence-corrected chi connectivity index (χ3v) is 5.97. The van der Waals surface area contributed by atoms with Crippen LogP contribution in [0.1, 0.15) is 38.5 Å². The van der Waals surface area contributed by atoms with Crippen LogP contribution in [0.25, 0.3) is 0 Å². The maximum atomic E-state index is 12.3. The van der Waals surface area contributed by atoms with Gasteiger partial charge < -0.3 is 10.5 Å². The first kappa shape index (κ1) is 17.2. The summed E-state index contributed by atoms with van der Waals surface area (Å²) in [5.41, 5.74) is 5.73. The molecule has 7 heteroatoms. The van der Waals surface area contributed by atoms with Crippen molar-refractivity contribution in [3.8, 4) is 0 Å². The van der Waals surface area contributed by atoms with Crippen LogP contribution in [0.4, 0.5) is 0 Å². The zero-order valence-corrected chi connectivity index (χ0v) is 12.8. The number of sulfonamides is 1. The second kappa shape index (κ2) is 7.78. The van der Waals surface area contributed by atoms with Gasteiger partial charge in [0.05, 0.1) is 11.9 Å². The van der Waals surface area contributed by atoms with E-state index in [1.807, 2.05) is 0 Å². The molecule has 3 atom stereocenters. The lowest BCUT2D eigenvalue weighted by molar-refractivity contribution is 0.0985. The molecule has 0 bridgehead atoms. The van der Waals surface area contributed by atoms with E-state index in [2.05, 4.69) is 4.72 Å². The summed E-state index contributed by atoms with van der Waals surface area (Å²) in [5, 5.41) is -0.383. The molecular weight excluding hydrogens is 288 g/mol. The van der Waals surface area contributed by atoms with E-state index in [0.717, 1.165) is 32.1 Å². The van der Waals surface area contributed by atoms with Crippen molar-refractivity contribution in [2.24, 2.45) is 11.7 Å². The minimum atomic E-state index is -3.26. The predicted octanol–water partition coefficient (Wildman–Crippen LogP) is 1.02. The molecule has 1 heterocycles. The van der Waals surface area contributed by atoms with Gasteiger partial charge in [-0.3, -0.25) is 0 Å². The molecule has 5 nitrogen and oxygen atoms in total. The van der Waals surface area contributed by atoms with Gasteiger partial charge in [0.2, 0.25) is 10.0 Å². The number of nitrogens with two attached hydrogens (primary N) is 1. The molecule has 3 N–H and O–H groups in total. The molecule has 2 aliphatic rings. The van der Waals surface area contributed by atoms with Gasteiger partial charge in [0, 0.05) is 12.6 Å². The molecule has 114 valence electrons. The summed E-state index contributed by atoms with van der Waals surface area (Å²) in [7, 11) is -3.26. The highest BCUT2D eigenvalue weighted by Gasteiger charge is 2.33. The molecule has 1 aliphatic heterocycles. The van der Waals surface area contributed by atoms with Crippen molar-refractivity contribution in [2.45, 2.75) is 49.8 Å². The number of hydrogen-bond donors (Lipinski definition) is 2. The largest absolute Gasteiger partial charge is 0.380 e. The van der Waals surface area contributed by atoms with Gasteiger partial charge in [-0.25, -0.2) is 13.1 Å². The van der Waals surface area contributed by atoms with Gasteiger partial charge in [-0.15, -0.1) is 12.4 Å². The summed E-state index contributed by atoms with van der Waals surface area (Å²) in [6.07, 6.45) is 5.73. The molecular formula is C12H25ClN2O3S. The third-order valence-electron chi connectivity index (χ3n) is 4.08. The number of ether oxygens (including phenoxy) is 1. The van der Waals surface area contributed by atoms with Crippen LogP contribution in [0, 0.1) is 5.92 Å². The van der Waals surface area contributed by atoms with Crippen LogP contribution in [0.3, 0.4) is 0 Å². The number of rotatable bonds is 4. The number of nitrogens with one attached hydrogen (secondary N) is 1. The third kappa shape index (κ3) is 4.56. The minimum absolute atomic E-state index is 0. The van der Waals surface area contributed by atoms with E-state index < -0.39 is 10.0 Å². The van der Waals surface area contributed by atoms with E-state index in [1.54, 1.807) is 0 Å². The summed E-state index contributed by atoms with van der Waals surface area (Å²) < 4.78 is 32.7. The molecule has 0 aromatic carbocycles. The molecule has 19 heavy (non-hydrogen) atoms. The molecule has 1 saturated heterocycles. The molecule has 2 rings (SSSR count). The summed E-state index contributed by atoms with van der Waals surface area (Å²) in [6, 6.07) is 0.0238. The molecule has 2 fully saturated rings. The first-order valence-electron chi connectivity index (χ1n) is 6.92. The first-order valence-corrected chi connectivity index (χ1v) is 8.47. The standard InChI is InChI=1S/C12H24N2O3S.ClH/c13-8-10-4-1-2-6-12(10)14-18(15,16)11-5-3-7-17-9-11;/h10-12,14H,1-9,13H2;1H. The van der Waals surface area contributed by atoms with E-state index >= 15 is 0 Å². The van der Waals surface area contributed by atoms with E-state index in [9.17, 15) is 8.42 Å². The maximum absolute atomic E-state index is 12.3. The fraction of sp³-hybridized carbons (Fsp3) is 1.00. The zero-order valence-electron chi connectivity index (χ0n) is 11.2. The van der Waals surface area contributed by atoms with Gasteiger partial charge in [-0.05, 0) is 38.1 Å². The highest BCUT2D eigenvalue weighted by atomic mass is 35.5. The molecule has 0 amide bonds. The second-order valence-electron chi connectivity index (χ2n) is 5.39. The van der Waals surface area contributed by atoms with Crippen LogP contribution in [-0.2, 0) is 14.8 Å². The fourth-order valence-corrected chi connectivity index (χ4v) is 4.59. The Morgan fingerprint density at radius 2 is 1.89 bits per heavy atom. The monoisotopic (exact) mass is 312 g/mol. The Morgan fingerprint density at radius 1 is 1.16 bits per heavy atom. The fourth-order valence-electron chi connectivity index (χ4n) is 2.91. The first-order chi connectivity index (χ1) is 8.63. The Labute approximate surface area is 122 Å². The summed E-state index contributed by atoms with van der Waals surface area (Å²) >= 11 is 0. The Balaban J connectivity index is 0.00000180. The van der Waals surface area contributed by atoms with Crippen LogP contribution in [-0.4, -0.2) is 39.5 Å². The topological polar surface area (TPSA) is 81.4 Å². The Kier molecular flexibility index (Phi) is 7.04. The van der Waals surface area contributed by atoms with Crippen LogP contribution in [0.15, 0.2) is 0 Å². The summed E-state index contributed by atoms with van der Waals surface area (Å²) in [6.45, 7) is 1.57. The van der Waals surface area contributed by atoms with Gasteiger partial charge in [0.15, 0.2) is 0 Å². The second-order valence-corrected chi connectivity index (χ2v) is 7.38. The van der Waals surface area contributed by atoms with E-state index in [-0.39, 0.29) is 29.6 Å². The van der Waals surface area contributed by atoms with Crippen LogP contribution >= 0.6 is 12.4 Å². The van der Waals surface area contributed by atoms with E-state index in [4.69, 9.17) is 10.5 Å². The van der Waals surface area contributed by atoms with Crippen molar-refractivity contribution in [2.75, 3.05) is 19.8 Å². The van der Waals surface area contributed by atoms with E-state index in [1.165, 1.54) is 0 Å². The van der Waals surface area contributed by atoms with Crippen molar-refractivity contribution in [1.29, 1.82) is 0 Å². The van der Waals surface area contributed by atoms with Crippen molar-refractivity contribution in [1.82, 2.24) is 4.72 Å². The van der Waals surface area contributed by atoms with Crippen molar-refractivity contribution < 1.29 is 13.2 Å². The van der Waals surface area contributed by atoms with Crippen molar-refractivity contribution in [3.05, 3.63) is 0 Å². The van der Waals surface area contributed by atoms with Crippen LogP contribution in [0.2, 0.25) is 0 Å². The van der Waals surface area contributed by atoms with Gasteiger partial charge in [-0.2, -0.15) is 0 Å². The highest BCUT2D eigenvalue weighted by Crippen LogP contribution is 2.25. The summed E-state index contributed by atoms with van der Waals surface area (Å²) in [4.78, 5) is 0. The molecule has 0 aromatic heterocycles. The normalized spacial score (nSPS) is 32.6. The van der Waals surface area contributed by atoms with E-state index in [0.29, 0.717) is 26.2 Å². The lowest BCUT2D eigenvalue weighted by atomic mass is 9.85. The molecule has 1 aliphatic carbocycles. The Hall–Kier alpha value is 0.120. The number of hydrogen-bond acceptors (Lipinski definition) is 4. The Morgan fingerprint density at radius 3 is 2.53 bits per heavy atom. The Bertz CT molecular complexity index is 358. The average molecular weight is 313 g/mol. The molecule has 0 spiro atoms. The lowest BCUT2D eigenvalue weighted by Crippen LogP contribution is -2.49. The molecule has 3 unspecified atom stereocenters. The predicted molar refractivity (Wildman–Crippen MR) is 77.9 cm³/mol. The molecule has 1 saturated carbocycles. The molecule has 0 aromatic rings. The van der Waals surface area contributed by atoms with Gasteiger partial charge in [0.1, 0.15) is 0 Å². The van der Waals surface area contributed by atoms with Crippen molar-refractivity contribution >= 4 is 22.4 Å². The lowest BCUT2D eigenvalue weighted by Gasteiger charge is -2.33. The SMILES string of the molecule is Cl.NCC1CCCCC1NS(=O)(=O)C1CCCOC1. The van der Waals surface area contributed by atoms with Crippen molar-refractivity contribution in [3.63, 3.8) is 0 Å². The van der Waals surface area contributed by atoms with Crippen LogP contribution in [0.5, 0.6) is 0 Å². The molecule has 0 radical (unpaired) electrons. The maximum Gasteiger partial charge on any atom is 0.217 e. The quantitative estimate of drug-likeness (QED) is 0.812. The van der Waals surface area contributed by atoms with Gasteiger partial charge in [0.25, 0.3) is 0 Å². The van der Waals surface area contributed by atoms with Crippen LogP contribution < -0.4 is 10.5 Å². The minimum Gasteiger partial charge on any atom is -0.380 e. The zero-order chi connectivity index (χ0) is 13.0. The smallest absolute Gasteiger partial charge is 0.217 e. The highest BCUT2D eigenvalue weighted by molar-refractivity contribution is 7.90. The van der Waals surface area contributed by atoms with Gasteiger partial charge >= 0.3 is 0 Å². The summed E-state index contributed by atoms with van der Waals surface area (Å²) in [5.74, 6) is 0.290. The van der Waals surface area contributed by atoms with Gasteiger partial charge in [-0.1, -0.05) is 12.8 Å². The number of halogens is 1. The average Bonchev–Trinajstić information content (AvgIpc) is 2.40.